The van der Waals surface area contributed by atoms with Gasteiger partial charge in [0.15, 0.2) is 0 Å². The van der Waals surface area contributed by atoms with E-state index in [9.17, 15) is 4.79 Å². The average molecular weight is 320 g/mol. The molecular formula is C19H20N4O. The van der Waals surface area contributed by atoms with Crippen LogP contribution < -0.4 is 11.0 Å². The summed E-state index contributed by atoms with van der Waals surface area (Å²) in [5.74, 6) is 0. The molecule has 2 N–H and O–H groups in total. The van der Waals surface area contributed by atoms with Crippen molar-refractivity contribution in [3.8, 4) is 5.69 Å². The van der Waals surface area contributed by atoms with E-state index in [0.717, 1.165) is 22.6 Å². The summed E-state index contributed by atoms with van der Waals surface area (Å²) in [7, 11) is 0. The largest absolute Gasteiger partial charge is 0.295 e. The van der Waals surface area contributed by atoms with E-state index in [0.29, 0.717) is 5.56 Å². The van der Waals surface area contributed by atoms with Gasteiger partial charge in [0.2, 0.25) is 0 Å². The van der Waals surface area contributed by atoms with Crippen LogP contribution in [0.3, 0.4) is 0 Å². The van der Waals surface area contributed by atoms with Crippen LogP contribution in [0.15, 0.2) is 58.4 Å². The smallest absolute Gasteiger partial charge is 0.280 e. The number of anilines is 1. The number of hydrazone groups is 1. The number of hydrogen-bond acceptors (Lipinski definition) is 3. The van der Waals surface area contributed by atoms with Crippen molar-refractivity contribution in [2.75, 3.05) is 5.43 Å². The first kappa shape index (κ1) is 15.8. The highest BCUT2D eigenvalue weighted by Crippen LogP contribution is 2.10. The second kappa shape index (κ2) is 6.58. The normalized spacial score (nSPS) is 11.1. The predicted molar refractivity (Wildman–Crippen MR) is 98.3 cm³/mol. The zero-order valence-electron chi connectivity index (χ0n) is 14.0. The van der Waals surface area contributed by atoms with Gasteiger partial charge in [0.1, 0.15) is 0 Å². The minimum Gasteiger partial charge on any atom is -0.295 e. The Bertz CT molecular complexity index is 915. The van der Waals surface area contributed by atoms with E-state index in [2.05, 4.69) is 15.6 Å². The second-order valence-corrected chi connectivity index (χ2v) is 5.86. The minimum absolute atomic E-state index is 0.120. The molecule has 2 aromatic carbocycles. The highest BCUT2D eigenvalue weighted by Gasteiger charge is 2.10. The van der Waals surface area contributed by atoms with Gasteiger partial charge in [-0.25, -0.2) is 4.68 Å². The molecule has 122 valence electrons. The number of benzene rings is 2. The lowest BCUT2D eigenvalue weighted by Gasteiger charge is -2.01. The fourth-order valence-electron chi connectivity index (χ4n) is 2.39. The second-order valence-electron chi connectivity index (χ2n) is 5.86. The molecule has 1 heterocycles. The van der Waals surface area contributed by atoms with Crippen molar-refractivity contribution in [3.63, 3.8) is 0 Å². The predicted octanol–water partition coefficient (Wildman–Crippen LogP) is 3.54. The highest BCUT2D eigenvalue weighted by molar-refractivity contribution is 5.81. The highest BCUT2D eigenvalue weighted by atomic mass is 16.1. The van der Waals surface area contributed by atoms with E-state index in [4.69, 9.17) is 0 Å². The Morgan fingerprint density at radius 1 is 0.958 bits per heavy atom. The molecule has 0 spiro atoms. The van der Waals surface area contributed by atoms with Gasteiger partial charge in [0, 0.05) is 5.69 Å². The van der Waals surface area contributed by atoms with Crippen LogP contribution in [0.5, 0.6) is 0 Å². The Morgan fingerprint density at radius 3 is 2.17 bits per heavy atom. The number of rotatable bonds is 4. The SMILES string of the molecule is Cc1ccc(NN=Cc2c(C)[nH]n(-c3ccc(C)cc3)c2=O)cc1. The van der Waals surface area contributed by atoms with E-state index in [1.54, 1.807) is 6.21 Å². The molecule has 0 aliphatic heterocycles. The molecule has 0 amide bonds. The molecule has 0 aliphatic carbocycles. The Morgan fingerprint density at radius 2 is 1.54 bits per heavy atom. The Hall–Kier alpha value is -3.08. The number of aromatic amines is 1. The number of hydrogen-bond donors (Lipinski definition) is 2. The third kappa shape index (κ3) is 3.30. The molecule has 0 unspecified atom stereocenters. The summed E-state index contributed by atoms with van der Waals surface area (Å²) >= 11 is 0. The third-order valence-electron chi connectivity index (χ3n) is 3.85. The van der Waals surface area contributed by atoms with Crippen LogP contribution in [0.2, 0.25) is 0 Å². The van der Waals surface area contributed by atoms with Crippen molar-refractivity contribution < 1.29 is 0 Å². The van der Waals surface area contributed by atoms with E-state index in [1.807, 2.05) is 69.3 Å². The van der Waals surface area contributed by atoms with Crippen molar-refractivity contribution in [2.24, 2.45) is 5.10 Å². The van der Waals surface area contributed by atoms with Gasteiger partial charge in [0.05, 0.1) is 23.2 Å². The maximum atomic E-state index is 12.6. The van der Waals surface area contributed by atoms with E-state index in [1.165, 1.54) is 10.2 Å². The topological polar surface area (TPSA) is 62.2 Å². The van der Waals surface area contributed by atoms with Crippen molar-refractivity contribution >= 4 is 11.9 Å². The fourth-order valence-corrected chi connectivity index (χ4v) is 2.39. The summed E-state index contributed by atoms with van der Waals surface area (Å²) in [5, 5.41) is 7.27. The molecule has 0 bridgehead atoms. The zero-order valence-corrected chi connectivity index (χ0v) is 14.0. The van der Waals surface area contributed by atoms with Gasteiger partial charge in [-0.15, -0.1) is 0 Å². The molecule has 5 heteroatoms. The summed E-state index contributed by atoms with van der Waals surface area (Å²) in [6.45, 7) is 5.91. The Balaban J connectivity index is 1.84. The van der Waals surface area contributed by atoms with Gasteiger partial charge < -0.3 is 0 Å². The molecule has 0 radical (unpaired) electrons. The summed E-state index contributed by atoms with van der Waals surface area (Å²) in [4.78, 5) is 12.6. The Labute approximate surface area is 140 Å². The molecule has 0 fully saturated rings. The van der Waals surface area contributed by atoms with Crippen molar-refractivity contribution in [3.05, 3.63) is 81.3 Å². The van der Waals surface area contributed by atoms with Crippen LogP contribution in [0.4, 0.5) is 5.69 Å². The van der Waals surface area contributed by atoms with Crippen LogP contribution in [-0.4, -0.2) is 16.0 Å². The standard InChI is InChI=1S/C19H20N4O/c1-13-4-8-16(9-5-13)21-20-12-18-15(3)22-23(19(18)24)17-10-6-14(2)7-11-17/h4-12,21-22H,1-3H3. The van der Waals surface area contributed by atoms with Gasteiger partial charge >= 0.3 is 0 Å². The number of aryl methyl sites for hydroxylation is 3. The number of aromatic nitrogens is 2. The van der Waals surface area contributed by atoms with Gasteiger partial charge in [-0.1, -0.05) is 35.4 Å². The van der Waals surface area contributed by atoms with Crippen LogP contribution in [-0.2, 0) is 0 Å². The zero-order chi connectivity index (χ0) is 17.1. The molecule has 3 aromatic rings. The van der Waals surface area contributed by atoms with Gasteiger partial charge in [0.25, 0.3) is 5.56 Å². The van der Waals surface area contributed by atoms with Crippen molar-refractivity contribution in [1.29, 1.82) is 0 Å². The molecular weight excluding hydrogens is 300 g/mol. The Kier molecular flexibility index (Phi) is 4.33. The van der Waals surface area contributed by atoms with Gasteiger partial charge in [-0.3, -0.25) is 15.3 Å². The molecule has 5 nitrogen and oxygen atoms in total. The van der Waals surface area contributed by atoms with Crippen molar-refractivity contribution in [2.45, 2.75) is 20.8 Å². The average Bonchev–Trinajstić information content (AvgIpc) is 2.85. The molecule has 24 heavy (non-hydrogen) atoms. The van der Waals surface area contributed by atoms with E-state index >= 15 is 0 Å². The van der Waals surface area contributed by atoms with Crippen LogP contribution >= 0.6 is 0 Å². The molecule has 0 atom stereocenters. The van der Waals surface area contributed by atoms with E-state index in [-0.39, 0.29) is 5.56 Å². The molecule has 0 saturated carbocycles. The summed E-state index contributed by atoms with van der Waals surface area (Å²) < 4.78 is 1.53. The number of nitrogens with one attached hydrogen (secondary N) is 2. The van der Waals surface area contributed by atoms with E-state index < -0.39 is 0 Å². The molecule has 0 aliphatic rings. The minimum atomic E-state index is -0.120. The van der Waals surface area contributed by atoms with Gasteiger partial charge in [-0.2, -0.15) is 5.10 Å². The monoisotopic (exact) mass is 320 g/mol. The van der Waals surface area contributed by atoms with Crippen LogP contribution in [0.1, 0.15) is 22.4 Å². The summed E-state index contributed by atoms with van der Waals surface area (Å²) in [6.07, 6.45) is 1.55. The third-order valence-corrected chi connectivity index (χ3v) is 3.85. The number of nitrogens with zero attached hydrogens (tertiary/aromatic N) is 2. The lowest BCUT2D eigenvalue weighted by molar-refractivity contribution is 0.835. The van der Waals surface area contributed by atoms with Crippen LogP contribution in [0, 0.1) is 20.8 Å². The first-order valence-corrected chi connectivity index (χ1v) is 7.79. The summed E-state index contributed by atoms with van der Waals surface area (Å²) in [5.41, 5.74) is 8.15. The summed E-state index contributed by atoms with van der Waals surface area (Å²) in [6, 6.07) is 15.7. The number of H-pyrrole nitrogens is 1. The van der Waals surface area contributed by atoms with Gasteiger partial charge in [-0.05, 0) is 45.0 Å². The lowest BCUT2D eigenvalue weighted by atomic mass is 10.2. The van der Waals surface area contributed by atoms with Crippen molar-refractivity contribution in [1.82, 2.24) is 9.78 Å². The maximum absolute atomic E-state index is 12.6. The quantitative estimate of drug-likeness (QED) is 0.570. The molecule has 3 rings (SSSR count). The molecule has 1 aromatic heterocycles. The lowest BCUT2D eigenvalue weighted by Crippen LogP contribution is -2.17. The maximum Gasteiger partial charge on any atom is 0.280 e. The van der Waals surface area contributed by atoms with Crippen LogP contribution in [0.25, 0.3) is 5.69 Å². The fraction of sp³-hybridized carbons (Fsp3) is 0.158. The first-order chi connectivity index (χ1) is 11.5. The first-order valence-electron chi connectivity index (χ1n) is 7.79. The molecule has 0 saturated heterocycles.